The normalized spacial score (nSPS) is 10.3. The van der Waals surface area contributed by atoms with Gasteiger partial charge in [0, 0.05) is 18.2 Å². The van der Waals surface area contributed by atoms with Gasteiger partial charge < -0.3 is 10.5 Å². The third kappa shape index (κ3) is 2.57. The van der Waals surface area contributed by atoms with Gasteiger partial charge in [0.25, 0.3) is 0 Å². The van der Waals surface area contributed by atoms with Crippen LogP contribution in [0.5, 0.6) is 5.88 Å². The van der Waals surface area contributed by atoms with Crippen molar-refractivity contribution in [3.8, 4) is 17.3 Å². The second kappa shape index (κ2) is 4.88. The van der Waals surface area contributed by atoms with E-state index < -0.39 is 0 Å². The zero-order valence-electron chi connectivity index (χ0n) is 9.35. The van der Waals surface area contributed by atoms with Crippen molar-refractivity contribution in [2.24, 2.45) is 5.73 Å². The van der Waals surface area contributed by atoms with Crippen LogP contribution >= 0.6 is 0 Å². The van der Waals surface area contributed by atoms with Crippen LogP contribution in [-0.4, -0.2) is 17.1 Å². The van der Waals surface area contributed by atoms with Gasteiger partial charge in [-0.05, 0) is 12.1 Å². The summed E-state index contributed by atoms with van der Waals surface area (Å²) in [6, 6.07) is 7.74. The Balaban J connectivity index is 2.50. The van der Waals surface area contributed by atoms with Gasteiger partial charge in [-0.1, -0.05) is 12.1 Å². The van der Waals surface area contributed by atoms with E-state index in [1.807, 2.05) is 0 Å². The molecule has 0 radical (unpaired) electrons. The van der Waals surface area contributed by atoms with E-state index >= 15 is 0 Å². The standard InChI is InChI=1S/C12H12FN3O/c1-17-11-6-10(7-14)15-12(16-11)8-3-2-4-9(13)5-8/h2-6H,7,14H2,1H3. The molecule has 0 aliphatic rings. The lowest BCUT2D eigenvalue weighted by Gasteiger charge is -2.06. The molecule has 5 heteroatoms. The molecule has 0 saturated heterocycles. The minimum absolute atomic E-state index is 0.279. The van der Waals surface area contributed by atoms with E-state index in [1.54, 1.807) is 18.2 Å². The van der Waals surface area contributed by atoms with E-state index in [9.17, 15) is 4.39 Å². The van der Waals surface area contributed by atoms with Crippen LogP contribution in [0.1, 0.15) is 5.69 Å². The minimum Gasteiger partial charge on any atom is -0.481 e. The Bertz CT molecular complexity index is 509. The molecule has 0 amide bonds. The van der Waals surface area contributed by atoms with Gasteiger partial charge >= 0.3 is 0 Å². The molecule has 1 heterocycles. The monoisotopic (exact) mass is 233 g/mol. The molecular formula is C12H12FN3O. The van der Waals surface area contributed by atoms with Crippen molar-refractivity contribution >= 4 is 0 Å². The summed E-state index contributed by atoms with van der Waals surface area (Å²) < 4.78 is 18.2. The number of hydrogen-bond donors (Lipinski definition) is 1. The fourth-order valence-corrected chi connectivity index (χ4v) is 1.44. The number of ether oxygens (including phenoxy) is 1. The molecule has 2 rings (SSSR count). The second-order valence-corrected chi connectivity index (χ2v) is 3.44. The van der Waals surface area contributed by atoms with Crippen molar-refractivity contribution in [1.82, 2.24) is 9.97 Å². The number of nitrogens with zero attached hydrogens (tertiary/aromatic N) is 2. The SMILES string of the molecule is COc1cc(CN)nc(-c2cccc(F)c2)n1. The van der Waals surface area contributed by atoms with Crippen LogP contribution in [0.2, 0.25) is 0 Å². The third-order valence-corrected chi connectivity index (χ3v) is 2.26. The van der Waals surface area contributed by atoms with Crippen LogP contribution < -0.4 is 10.5 Å². The Morgan fingerprint density at radius 2 is 2.12 bits per heavy atom. The van der Waals surface area contributed by atoms with Crippen molar-refractivity contribution in [1.29, 1.82) is 0 Å². The van der Waals surface area contributed by atoms with Gasteiger partial charge in [0.15, 0.2) is 5.82 Å². The first-order valence-corrected chi connectivity index (χ1v) is 5.11. The van der Waals surface area contributed by atoms with E-state index in [0.717, 1.165) is 0 Å². The molecule has 0 aliphatic carbocycles. The molecule has 0 spiro atoms. The molecule has 2 N–H and O–H groups in total. The number of methoxy groups -OCH3 is 1. The lowest BCUT2D eigenvalue weighted by molar-refractivity contribution is 0.396. The molecule has 0 fully saturated rings. The van der Waals surface area contributed by atoms with Crippen molar-refractivity contribution in [3.63, 3.8) is 0 Å². The highest BCUT2D eigenvalue weighted by molar-refractivity contribution is 5.55. The Hall–Kier alpha value is -2.01. The maximum absolute atomic E-state index is 13.1. The highest BCUT2D eigenvalue weighted by Gasteiger charge is 2.07. The van der Waals surface area contributed by atoms with Gasteiger partial charge in [-0.15, -0.1) is 0 Å². The molecule has 0 atom stereocenters. The van der Waals surface area contributed by atoms with Crippen LogP contribution in [0.15, 0.2) is 30.3 Å². The molecule has 1 aromatic heterocycles. The van der Waals surface area contributed by atoms with Crippen molar-refractivity contribution in [2.75, 3.05) is 7.11 Å². The Labute approximate surface area is 98.3 Å². The first-order chi connectivity index (χ1) is 8.22. The van der Waals surface area contributed by atoms with Crippen molar-refractivity contribution in [2.45, 2.75) is 6.54 Å². The van der Waals surface area contributed by atoms with E-state index in [-0.39, 0.29) is 12.4 Å². The molecule has 0 aliphatic heterocycles. The summed E-state index contributed by atoms with van der Waals surface area (Å²) in [4.78, 5) is 8.38. The maximum atomic E-state index is 13.1. The average Bonchev–Trinajstić information content (AvgIpc) is 2.38. The van der Waals surface area contributed by atoms with Gasteiger partial charge in [0.1, 0.15) is 5.82 Å². The van der Waals surface area contributed by atoms with Gasteiger partial charge in [-0.25, -0.2) is 9.37 Å². The lowest BCUT2D eigenvalue weighted by atomic mass is 10.2. The molecule has 2 aromatic rings. The fourth-order valence-electron chi connectivity index (χ4n) is 1.44. The van der Waals surface area contributed by atoms with Crippen LogP contribution in [0.3, 0.4) is 0 Å². The van der Waals surface area contributed by atoms with Gasteiger partial charge in [0.05, 0.1) is 12.8 Å². The molecule has 1 aromatic carbocycles. The quantitative estimate of drug-likeness (QED) is 0.877. The summed E-state index contributed by atoms with van der Waals surface area (Å²) in [5.74, 6) is 0.493. The highest BCUT2D eigenvalue weighted by Crippen LogP contribution is 2.19. The van der Waals surface area contributed by atoms with Gasteiger partial charge in [-0.2, -0.15) is 4.98 Å². The first-order valence-electron chi connectivity index (χ1n) is 5.11. The van der Waals surface area contributed by atoms with Crippen LogP contribution in [0.4, 0.5) is 4.39 Å². The molecule has 0 saturated carbocycles. The molecule has 4 nitrogen and oxygen atoms in total. The summed E-state index contributed by atoms with van der Waals surface area (Å²) in [5.41, 5.74) is 6.78. The van der Waals surface area contributed by atoms with Gasteiger partial charge in [0.2, 0.25) is 5.88 Å². The summed E-state index contributed by atoms with van der Waals surface area (Å²) in [6.07, 6.45) is 0. The minimum atomic E-state index is -0.330. The molecule has 0 unspecified atom stereocenters. The first kappa shape index (κ1) is 11.5. The number of aromatic nitrogens is 2. The summed E-state index contributed by atoms with van der Waals surface area (Å²) in [6.45, 7) is 0.279. The molecule has 17 heavy (non-hydrogen) atoms. The van der Waals surface area contributed by atoms with E-state index in [2.05, 4.69) is 9.97 Å². The predicted octanol–water partition coefficient (Wildman–Crippen LogP) is 1.75. The Morgan fingerprint density at radius 3 is 2.76 bits per heavy atom. The largest absolute Gasteiger partial charge is 0.481 e. The van der Waals surface area contributed by atoms with Gasteiger partial charge in [-0.3, -0.25) is 0 Å². The van der Waals surface area contributed by atoms with E-state index in [0.29, 0.717) is 23.0 Å². The topological polar surface area (TPSA) is 61.0 Å². The Morgan fingerprint density at radius 1 is 1.29 bits per heavy atom. The number of halogens is 1. The second-order valence-electron chi connectivity index (χ2n) is 3.44. The zero-order chi connectivity index (χ0) is 12.3. The fraction of sp³-hybridized carbons (Fsp3) is 0.167. The van der Waals surface area contributed by atoms with Crippen molar-refractivity contribution in [3.05, 3.63) is 41.8 Å². The number of hydrogen-bond acceptors (Lipinski definition) is 4. The predicted molar refractivity (Wildman–Crippen MR) is 61.9 cm³/mol. The molecule has 0 bridgehead atoms. The smallest absolute Gasteiger partial charge is 0.216 e. The summed E-state index contributed by atoms with van der Waals surface area (Å²) in [5, 5.41) is 0. The molecular weight excluding hydrogens is 221 g/mol. The van der Waals surface area contributed by atoms with Crippen LogP contribution in [-0.2, 0) is 6.54 Å². The third-order valence-electron chi connectivity index (χ3n) is 2.26. The lowest BCUT2D eigenvalue weighted by Crippen LogP contribution is -2.03. The molecule has 88 valence electrons. The average molecular weight is 233 g/mol. The van der Waals surface area contributed by atoms with E-state index in [4.69, 9.17) is 10.5 Å². The van der Waals surface area contributed by atoms with Crippen LogP contribution in [0.25, 0.3) is 11.4 Å². The number of benzene rings is 1. The number of rotatable bonds is 3. The maximum Gasteiger partial charge on any atom is 0.216 e. The summed E-state index contributed by atoms with van der Waals surface area (Å²) >= 11 is 0. The zero-order valence-corrected chi connectivity index (χ0v) is 9.35. The van der Waals surface area contributed by atoms with E-state index in [1.165, 1.54) is 19.2 Å². The van der Waals surface area contributed by atoms with Crippen LogP contribution in [0, 0.1) is 5.82 Å². The summed E-state index contributed by atoms with van der Waals surface area (Å²) in [7, 11) is 1.51. The number of nitrogens with two attached hydrogens (primary N) is 1. The highest BCUT2D eigenvalue weighted by atomic mass is 19.1. The van der Waals surface area contributed by atoms with Crippen molar-refractivity contribution < 1.29 is 9.13 Å². The Kier molecular flexibility index (Phi) is 3.30.